The summed E-state index contributed by atoms with van der Waals surface area (Å²) in [6.45, 7) is 3.13. The van der Waals surface area contributed by atoms with E-state index >= 15 is 0 Å². The molecule has 20 nitrogen and oxygen atoms in total. The Morgan fingerprint density at radius 3 is 1.44 bits per heavy atom. The Morgan fingerprint density at radius 1 is 0.603 bits per heavy atom. The quantitative estimate of drug-likeness (QED) is 0.0333. The summed E-state index contributed by atoms with van der Waals surface area (Å²) in [7, 11) is 2.06. The van der Waals surface area contributed by atoms with Crippen LogP contribution in [0.4, 0.5) is 58.4 Å². The largest absolute Gasteiger partial charge is 1.00 e. The molecule has 0 radical (unpaired) electrons. The maximum Gasteiger partial charge on any atom is 1.00 e. The van der Waals surface area contributed by atoms with Crippen LogP contribution in [0.15, 0.2) is 97.1 Å². The molecule has 0 spiro atoms. The van der Waals surface area contributed by atoms with Crippen LogP contribution in [0.2, 0.25) is 0 Å². The molecule has 1 aliphatic rings. The average molecular weight is 912 g/mol. The number of hydrogen-bond donors (Lipinski definition) is 6. The zero-order chi connectivity index (χ0) is 42.6. The van der Waals surface area contributed by atoms with Crippen molar-refractivity contribution >= 4 is 93.3 Å². The number of nitrogens with zero attached hydrogens (tertiary/aromatic N) is 8. The molecule has 2 unspecified atom stereocenters. The third-order valence-corrected chi connectivity index (χ3v) is 9.43. The molecule has 0 amide bonds. The fourth-order valence-electron chi connectivity index (χ4n) is 5.89. The molecule has 24 heteroatoms. The number of likely N-dealkylation sites (N-methyl/N-ethyl adjacent to an activating group) is 1. The van der Waals surface area contributed by atoms with E-state index in [2.05, 4.69) is 73.3 Å². The van der Waals surface area contributed by atoms with Crippen molar-refractivity contribution in [1.82, 2.24) is 34.8 Å². The predicted octanol–water partition coefficient (Wildman–Crippen LogP) is -1.29. The van der Waals surface area contributed by atoms with Gasteiger partial charge in [-0.3, -0.25) is 0 Å². The van der Waals surface area contributed by atoms with Crippen LogP contribution in [0, 0.1) is 0 Å². The van der Waals surface area contributed by atoms with Crippen molar-refractivity contribution in [2.24, 2.45) is 0 Å². The van der Waals surface area contributed by atoms with Gasteiger partial charge in [-0.15, -0.1) is 0 Å². The van der Waals surface area contributed by atoms with Gasteiger partial charge in [-0.1, -0.05) is 48.6 Å². The maximum absolute atomic E-state index is 11.8. The average Bonchev–Trinajstić information content (AvgIpc) is 3.24. The van der Waals surface area contributed by atoms with Crippen molar-refractivity contribution in [1.29, 1.82) is 0 Å². The summed E-state index contributed by atoms with van der Waals surface area (Å²) < 4.78 is 57.5. The van der Waals surface area contributed by atoms with Gasteiger partial charge in [0.05, 0.1) is 6.61 Å². The van der Waals surface area contributed by atoms with E-state index in [-0.39, 0.29) is 108 Å². The van der Waals surface area contributed by atoms with Crippen LogP contribution in [0.25, 0.3) is 12.2 Å². The van der Waals surface area contributed by atoms with E-state index < -0.39 is 22.7 Å². The van der Waals surface area contributed by atoms with Crippen molar-refractivity contribution < 1.29 is 90.1 Å². The molecule has 6 aromatic rings. The molecule has 63 heavy (non-hydrogen) atoms. The summed E-state index contributed by atoms with van der Waals surface area (Å²) in [5.74, 6) is 1.36. The summed E-state index contributed by atoms with van der Waals surface area (Å²) in [6.07, 6.45) is 3.07. The van der Waals surface area contributed by atoms with Gasteiger partial charge < -0.3 is 59.0 Å². The number of para-hydroxylation sites is 2. The number of rotatable bonds is 18. The van der Waals surface area contributed by atoms with Gasteiger partial charge in [-0.25, -0.2) is 8.42 Å². The zero-order valence-corrected chi connectivity index (χ0v) is 40.1. The van der Waals surface area contributed by atoms with Gasteiger partial charge in [-0.2, -0.15) is 29.9 Å². The van der Waals surface area contributed by atoms with Gasteiger partial charge in [0.25, 0.3) is 0 Å². The Hall–Kier alpha value is -4.82. The van der Waals surface area contributed by atoms with E-state index in [1.165, 1.54) is 24.3 Å². The molecule has 1 aliphatic heterocycles. The second-order valence-corrected chi connectivity index (χ2v) is 14.3. The Kier molecular flexibility index (Phi) is 19.0. The van der Waals surface area contributed by atoms with E-state index in [0.717, 1.165) is 24.5 Å². The molecular formula is C39H39N13Na2O7S2. The van der Waals surface area contributed by atoms with Crippen molar-refractivity contribution in [3.8, 4) is 11.5 Å². The van der Waals surface area contributed by atoms with E-state index in [0.29, 0.717) is 47.5 Å². The number of piperazine rings is 1. The molecule has 6 N–H and O–H groups in total. The monoisotopic (exact) mass is 911 g/mol. The van der Waals surface area contributed by atoms with Crippen LogP contribution in [-0.2, 0) is 22.7 Å². The van der Waals surface area contributed by atoms with Crippen LogP contribution in [0.1, 0.15) is 11.1 Å². The molecule has 0 aliphatic carbocycles. The van der Waals surface area contributed by atoms with Gasteiger partial charge in [0, 0.05) is 78.7 Å². The van der Waals surface area contributed by atoms with Crippen LogP contribution in [0.3, 0.4) is 0 Å². The normalized spacial score (nSPS) is 13.5. The fraction of sp³-hybridized carbons (Fsp3) is 0.179. The molecule has 7 rings (SSSR count). The van der Waals surface area contributed by atoms with Gasteiger partial charge in [0.2, 0.25) is 35.7 Å². The first kappa shape index (κ1) is 49.2. The molecule has 0 bridgehead atoms. The van der Waals surface area contributed by atoms with E-state index in [1.807, 2.05) is 60.7 Å². The number of hydrogen-bond acceptors (Lipinski definition) is 20. The van der Waals surface area contributed by atoms with Gasteiger partial charge in [0.15, 0.2) is 0 Å². The molecule has 0 saturated carbocycles. The van der Waals surface area contributed by atoms with Crippen LogP contribution in [0.5, 0.6) is 11.5 Å². The summed E-state index contributed by atoms with van der Waals surface area (Å²) >= 11 is -5.90. The van der Waals surface area contributed by atoms with E-state index in [4.69, 9.17) is 8.37 Å². The molecule has 1 saturated heterocycles. The topological polar surface area (TPSA) is 263 Å². The number of aliphatic hydroxyl groups excluding tert-OH is 1. The molecule has 2 aromatic heterocycles. The molecule has 3 heterocycles. The minimum absolute atomic E-state index is 0. The summed E-state index contributed by atoms with van der Waals surface area (Å²) in [5, 5.41) is 24.7. The number of anilines is 10. The maximum atomic E-state index is 11.8. The minimum atomic E-state index is -2.95. The summed E-state index contributed by atoms with van der Waals surface area (Å²) in [5.41, 5.74) is 2.93. The van der Waals surface area contributed by atoms with Crippen molar-refractivity contribution in [2.45, 2.75) is 0 Å². The molecule has 1 fully saturated rings. The summed E-state index contributed by atoms with van der Waals surface area (Å²) in [6, 6.07) is 28.1. The first-order valence-corrected chi connectivity index (χ1v) is 20.7. The van der Waals surface area contributed by atoms with Gasteiger partial charge in [0.1, 0.15) is 34.2 Å². The zero-order valence-electron chi connectivity index (χ0n) is 34.4. The first-order chi connectivity index (χ1) is 29.6. The SMILES string of the molecule is CN1CCN(c2nc(Nc3ccccc3)nc(Nc3ccc(/C=C/c4ccc(Nc5nc(NCCO)nc(Nc6ccccc6)n5)cc4OS(=O)[O-])c(OS(=O)[O-])c3)n2)CC1.[Na+].[Na+]. The van der Waals surface area contributed by atoms with Crippen LogP contribution in [-0.4, -0.2) is 104 Å². The fourth-order valence-corrected chi connectivity index (χ4v) is 6.47. The number of nitrogens with one attached hydrogen (secondary N) is 5. The van der Waals surface area contributed by atoms with Crippen molar-refractivity contribution in [3.05, 3.63) is 108 Å². The first-order valence-electron chi connectivity index (χ1n) is 18.7. The Labute approximate surface area is 412 Å². The number of aromatic nitrogens is 6. The molecule has 4 aromatic carbocycles. The van der Waals surface area contributed by atoms with E-state index in [9.17, 15) is 22.6 Å². The minimum Gasteiger partial charge on any atom is -0.740 e. The second kappa shape index (κ2) is 24.3. The number of aliphatic hydroxyl groups is 1. The molecule has 2 atom stereocenters. The van der Waals surface area contributed by atoms with Crippen LogP contribution >= 0.6 is 0 Å². The van der Waals surface area contributed by atoms with Crippen LogP contribution < -0.4 is 99.0 Å². The Morgan fingerprint density at radius 2 is 1.02 bits per heavy atom. The standard InChI is InChI=1S/C39H41N13O7S2.2Na/c1-51-19-21-52(22-20-51)39-49-37(42-29-10-6-3-7-11-29)48-38(50-39)44-31-17-15-27(33(25-31)59-61(56)57)13-12-26-14-16-30(24-32(26)58-60(54)55)43-36-46-34(40-18-23-53)45-35(47-36)41-28-8-4-2-5-9-28;;/h2-17,24-25,53H,18-23H2,1H3,(H,54,55)(H,56,57)(H2,42,44,48,49,50)(H3,40,41,43,45,46,47);;/q;2*+1/p-2/b13-12+;;. The third-order valence-electron chi connectivity index (χ3n) is 8.80. The Balaban J connectivity index is 0.00000374. The van der Waals surface area contributed by atoms with Crippen molar-refractivity contribution in [3.63, 3.8) is 0 Å². The third kappa shape index (κ3) is 14.9. The molecule has 316 valence electrons. The van der Waals surface area contributed by atoms with Gasteiger partial charge in [-0.05, 0) is 55.6 Å². The second-order valence-electron chi connectivity index (χ2n) is 13.2. The smallest absolute Gasteiger partial charge is 0.740 e. The van der Waals surface area contributed by atoms with Gasteiger partial charge >= 0.3 is 59.1 Å². The predicted molar refractivity (Wildman–Crippen MR) is 232 cm³/mol. The Bertz CT molecular complexity index is 2510. The van der Waals surface area contributed by atoms with Crippen molar-refractivity contribution in [2.75, 3.05) is 77.9 Å². The van der Waals surface area contributed by atoms with E-state index in [1.54, 1.807) is 24.3 Å². The molecular weight excluding hydrogens is 873 g/mol. The number of benzene rings is 4. The summed E-state index contributed by atoms with van der Waals surface area (Å²) in [4.78, 5) is 31.3.